The number of phenols is 1. The van der Waals surface area contributed by atoms with Gasteiger partial charge in [-0.3, -0.25) is 20.1 Å². The Bertz CT molecular complexity index is 2060. The minimum Gasteiger partial charge on any atom is -0.505 e. The fourth-order valence-electron chi connectivity index (χ4n) is 4.60. The summed E-state index contributed by atoms with van der Waals surface area (Å²) < 4.78 is 33.5. The molecule has 0 aliphatic heterocycles. The first-order valence-electron chi connectivity index (χ1n) is 12.8. The topological polar surface area (TPSA) is 195 Å². The average molecular weight is 704 g/mol. The Kier molecular flexibility index (Phi) is 11.0. The zero-order valence-corrected chi connectivity index (χ0v) is 27.3. The molecule has 15 heteroatoms. The predicted molar refractivity (Wildman–Crippen MR) is 162 cm³/mol. The maximum atomic E-state index is 11.9. The van der Waals surface area contributed by atoms with Crippen molar-refractivity contribution in [1.82, 2.24) is 0 Å². The zero-order chi connectivity index (χ0) is 31.4. The van der Waals surface area contributed by atoms with Crippen LogP contribution in [-0.4, -0.2) is 35.3 Å². The van der Waals surface area contributed by atoms with E-state index in [1.54, 1.807) is 49.4 Å². The number of hydrogen-bond acceptors (Lipinski definition) is 12. The number of aryl methyl sites for hydroxylation is 1. The Morgan fingerprint density at radius 2 is 1.44 bits per heavy atom. The van der Waals surface area contributed by atoms with Gasteiger partial charge >= 0.3 is 0 Å². The summed E-state index contributed by atoms with van der Waals surface area (Å²) >= 11 is 0. The van der Waals surface area contributed by atoms with E-state index in [1.165, 1.54) is 18.2 Å². The van der Waals surface area contributed by atoms with Gasteiger partial charge < -0.3 is 5.11 Å². The van der Waals surface area contributed by atoms with E-state index < -0.39 is 15.0 Å². The van der Waals surface area contributed by atoms with Crippen molar-refractivity contribution in [1.29, 1.82) is 0 Å². The van der Waals surface area contributed by atoms with Crippen molar-refractivity contribution in [3.8, 4) is 5.75 Å². The van der Waals surface area contributed by atoms with Gasteiger partial charge in [0.25, 0.3) is 10.1 Å². The molecule has 0 unspecified atom stereocenters. The Morgan fingerprint density at radius 1 is 0.800 bits per heavy atom. The summed E-state index contributed by atoms with van der Waals surface area (Å²) in [6.07, 6.45) is 0. The first-order valence-corrected chi connectivity index (χ1v) is 14.2. The van der Waals surface area contributed by atoms with Crippen molar-refractivity contribution in [2.24, 2.45) is 25.4 Å². The third-order valence-electron chi connectivity index (χ3n) is 6.63. The number of nitrogens with zero attached hydrogens (tertiary/aromatic N) is 5. The maximum absolute atomic E-state index is 11.9. The monoisotopic (exact) mass is 703 g/mol. The summed E-state index contributed by atoms with van der Waals surface area (Å²) in [7, 11) is -4.61. The van der Waals surface area contributed by atoms with Crippen LogP contribution >= 0.6 is 0 Å². The zero-order valence-electron chi connectivity index (χ0n) is 23.6. The number of azo groups is 2. The van der Waals surface area contributed by atoms with Crippen LogP contribution in [0.4, 0.5) is 28.4 Å². The molecule has 0 bridgehead atoms. The number of phenolic OH excluding ortho intramolecular Hbond substituents is 1. The summed E-state index contributed by atoms with van der Waals surface area (Å²) in [6, 6.07) is 20.1. The molecule has 227 valence electrons. The second-order valence-electron chi connectivity index (χ2n) is 9.61. The molecule has 0 amide bonds. The minimum atomic E-state index is -4.61. The van der Waals surface area contributed by atoms with Gasteiger partial charge in [-0.05, 0) is 83.1 Å². The van der Waals surface area contributed by atoms with E-state index in [0.717, 1.165) is 5.39 Å². The predicted octanol–water partition coefficient (Wildman–Crippen LogP) is 8.19. The summed E-state index contributed by atoms with van der Waals surface area (Å²) in [4.78, 5) is 11.8. The van der Waals surface area contributed by atoms with Gasteiger partial charge in [0.2, 0.25) is 0 Å². The van der Waals surface area contributed by atoms with E-state index in [1.807, 2.05) is 6.07 Å². The smallest absolute Gasteiger partial charge is 0.271 e. The molecule has 5 aromatic carbocycles. The number of hydrogen-bond donors (Lipinski definition) is 4. The van der Waals surface area contributed by atoms with Crippen LogP contribution in [-0.2, 0) is 65.8 Å². The van der Waals surface area contributed by atoms with Crippen LogP contribution in [0.5, 0.6) is 5.75 Å². The molecule has 0 aromatic heterocycles. The van der Waals surface area contributed by atoms with Crippen LogP contribution in [0.25, 0.3) is 21.5 Å². The molecule has 0 atom stereocenters. The second-order valence-corrected chi connectivity index (χ2v) is 11.0. The van der Waals surface area contributed by atoms with E-state index in [-0.39, 0.29) is 68.4 Å². The van der Waals surface area contributed by atoms with Crippen LogP contribution in [0, 0.1) is 13.0 Å². The average Bonchev–Trinajstić information content (AvgIpc) is 2.99. The van der Waals surface area contributed by atoms with Crippen LogP contribution in [0.2, 0.25) is 0 Å². The summed E-state index contributed by atoms with van der Waals surface area (Å²) in [5, 5.41) is 47.8. The van der Waals surface area contributed by atoms with Crippen molar-refractivity contribution < 1.29 is 71.1 Å². The Balaban J connectivity index is 0.00000461. The van der Waals surface area contributed by atoms with E-state index >= 15 is 0 Å². The molecular weight excluding hydrogens is 679 g/mol. The van der Waals surface area contributed by atoms with Crippen molar-refractivity contribution in [2.45, 2.75) is 25.0 Å². The molecule has 5 aromatic rings. The van der Waals surface area contributed by atoms with Crippen molar-refractivity contribution in [3.63, 3.8) is 0 Å². The van der Waals surface area contributed by atoms with Gasteiger partial charge in [-0.1, -0.05) is 22.9 Å². The van der Waals surface area contributed by atoms with Crippen molar-refractivity contribution in [2.75, 3.05) is 0 Å². The van der Waals surface area contributed by atoms with Gasteiger partial charge in [-0.25, -0.2) is 9.78 Å². The summed E-state index contributed by atoms with van der Waals surface area (Å²) in [5.74, 6) is -0.115. The third-order valence-corrected chi connectivity index (χ3v) is 7.42. The SMILES string of the molecule is C=Nc1ccc2cc(C)c(N=Nc3ccc(N=Nc4cc(COO)cc(COO)c4)c4c[c-]c(S(=O)(=O)O)cc34)c(O)c2c1.[Y]. The van der Waals surface area contributed by atoms with Gasteiger partial charge in [0.15, 0.2) is 5.75 Å². The van der Waals surface area contributed by atoms with Gasteiger partial charge in [-0.2, -0.15) is 35.9 Å². The number of aromatic hydroxyl groups is 1. The number of fused-ring (bicyclic) bond motifs is 2. The molecule has 0 heterocycles. The van der Waals surface area contributed by atoms with Gasteiger partial charge in [0.05, 0.1) is 17.1 Å². The number of rotatable bonds is 10. The van der Waals surface area contributed by atoms with E-state index in [9.17, 15) is 18.1 Å². The molecule has 0 spiro atoms. The molecule has 1 radical (unpaired) electrons. The third kappa shape index (κ3) is 7.69. The molecule has 0 saturated heterocycles. The van der Waals surface area contributed by atoms with Gasteiger partial charge in [0.1, 0.15) is 18.9 Å². The first kappa shape index (κ1) is 34.0. The Hall–Kier alpha value is -3.86. The Morgan fingerprint density at radius 3 is 2.07 bits per heavy atom. The number of benzene rings is 5. The quantitative estimate of drug-likeness (QED) is 0.0279. The van der Waals surface area contributed by atoms with E-state index in [2.05, 4.69) is 48.0 Å². The fraction of sp³-hybridized carbons (Fsp3) is 0.100. The van der Waals surface area contributed by atoms with E-state index in [4.69, 9.17) is 10.5 Å². The summed E-state index contributed by atoms with van der Waals surface area (Å²) in [5.41, 5.74) is 3.33. The normalized spacial score (nSPS) is 11.9. The van der Waals surface area contributed by atoms with E-state index in [0.29, 0.717) is 44.5 Å². The molecule has 5 rings (SSSR count). The van der Waals surface area contributed by atoms with Gasteiger partial charge in [0, 0.05) is 43.8 Å². The largest absolute Gasteiger partial charge is 0.505 e. The van der Waals surface area contributed by atoms with Gasteiger partial charge in [-0.15, -0.1) is 11.2 Å². The molecule has 0 fully saturated rings. The summed E-state index contributed by atoms with van der Waals surface area (Å²) in [6.45, 7) is 5.00. The minimum absolute atomic E-state index is 0. The first-order chi connectivity index (χ1) is 21.1. The van der Waals surface area contributed by atoms with Crippen LogP contribution in [0.15, 0.2) is 97.1 Å². The van der Waals surface area contributed by atoms with Crippen LogP contribution < -0.4 is 0 Å². The Labute approximate surface area is 282 Å². The second kappa shape index (κ2) is 14.5. The number of aliphatic imine (C=N–C) groups is 1. The molecule has 0 saturated carbocycles. The van der Waals surface area contributed by atoms with Crippen LogP contribution in [0.1, 0.15) is 16.7 Å². The van der Waals surface area contributed by atoms with Crippen molar-refractivity contribution >= 4 is 66.8 Å². The van der Waals surface area contributed by atoms with Crippen LogP contribution in [0.3, 0.4) is 0 Å². The standard InChI is InChI=1S/C30H24N5O8S.Y/c1-17-9-20-3-4-21(31-2)13-25(20)30(36)29(17)35-34-28-8-7-27(24-6-5-23(14-26(24)28)44(39,40)41)33-32-22-11-18(15-42-37)10-19(12-22)16-43-38;/h3-4,6-14,36-38H,2,15-16H2,1H3,(H,39,40,41);/q-1;. The molecule has 0 aliphatic carbocycles. The molecule has 45 heavy (non-hydrogen) atoms. The molecular formula is C30H24N5O8SY-. The molecule has 13 nitrogen and oxygen atoms in total. The maximum Gasteiger partial charge on any atom is 0.271 e. The fourth-order valence-corrected chi connectivity index (χ4v) is 5.08. The molecule has 0 aliphatic rings. The molecule has 4 N–H and O–H groups in total. The van der Waals surface area contributed by atoms with Crippen molar-refractivity contribution in [3.05, 3.63) is 89.5 Å².